The molecule has 0 radical (unpaired) electrons. The second-order valence-corrected chi connectivity index (χ2v) is 4.29. The summed E-state index contributed by atoms with van der Waals surface area (Å²) < 4.78 is 56.4. The Labute approximate surface area is 112 Å². The molecule has 0 amide bonds. The molecule has 0 aliphatic heterocycles. The topological polar surface area (TPSA) is 33.4 Å². The Morgan fingerprint density at radius 2 is 1.85 bits per heavy atom. The van der Waals surface area contributed by atoms with Crippen LogP contribution in [0.3, 0.4) is 0 Å². The van der Waals surface area contributed by atoms with Gasteiger partial charge in [0, 0.05) is 18.6 Å². The molecule has 2 rings (SSSR count). The summed E-state index contributed by atoms with van der Waals surface area (Å²) in [7, 11) is 0. The molecule has 2 aromatic rings. The van der Waals surface area contributed by atoms with E-state index in [1.807, 2.05) is 0 Å². The van der Waals surface area contributed by atoms with E-state index in [0.717, 1.165) is 12.1 Å². The highest BCUT2D eigenvalue weighted by atomic mass is 19.4. The molecule has 0 atom stereocenters. The number of aliphatic hydroxyl groups is 1. The molecule has 1 N–H and O–H groups in total. The van der Waals surface area contributed by atoms with Crippen molar-refractivity contribution in [1.82, 2.24) is 0 Å². The Morgan fingerprint density at radius 3 is 2.50 bits per heavy atom. The van der Waals surface area contributed by atoms with E-state index < -0.39 is 17.6 Å². The fourth-order valence-corrected chi connectivity index (χ4v) is 1.82. The molecule has 0 bridgehead atoms. The Kier molecular flexibility index (Phi) is 4.13. The lowest BCUT2D eigenvalue weighted by Gasteiger charge is -2.09. The first-order chi connectivity index (χ1) is 9.41. The highest BCUT2D eigenvalue weighted by molar-refractivity contribution is 5.59. The van der Waals surface area contributed by atoms with Gasteiger partial charge in [0.15, 0.2) is 0 Å². The molecule has 0 saturated heterocycles. The summed E-state index contributed by atoms with van der Waals surface area (Å²) in [6.45, 7) is 0.00477. The van der Waals surface area contributed by atoms with Gasteiger partial charge in [0.05, 0.1) is 5.56 Å². The van der Waals surface area contributed by atoms with Crippen molar-refractivity contribution in [2.75, 3.05) is 6.61 Å². The number of rotatable bonds is 4. The average molecular weight is 288 g/mol. The van der Waals surface area contributed by atoms with Gasteiger partial charge in [-0.05, 0) is 36.8 Å². The van der Waals surface area contributed by atoms with Crippen molar-refractivity contribution in [2.24, 2.45) is 0 Å². The van der Waals surface area contributed by atoms with Crippen molar-refractivity contribution in [1.29, 1.82) is 0 Å². The molecular formula is C14H12F4O2. The van der Waals surface area contributed by atoms with E-state index in [1.54, 1.807) is 6.07 Å². The van der Waals surface area contributed by atoms with Crippen molar-refractivity contribution in [3.63, 3.8) is 0 Å². The maximum Gasteiger partial charge on any atom is 0.419 e. The van der Waals surface area contributed by atoms with Crippen LogP contribution in [0.25, 0.3) is 11.3 Å². The third kappa shape index (κ3) is 3.19. The monoisotopic (exact) mass is 288 g/mol. The second kappa shape index (κ2) is 5.66. The maximum absolute atomic E-state index is 13.2. The highest BCUT2D eigenvalue weighted by Gasteiger charge is 2.34. The van der Waals surface area contributed by atoms with Crippen molar-refractivity contribution >= 4 is 0 Å². The van der Waals surface area contributed by atoms with Crippen LogP contribution in [0, 0.1) is 5.82 Å². The van der Waals surface area contributed by atoms with Crippen LogP contribution in [-0.4, -0.2) is 11.7 Å². The van der Waals surface area contributed by atoms with Gasteiger partial charge in [-0.3, -0.25) is 0 Å². The molecule has 6 heteroatoms. The third-order valence-corrected chi connectivity index (χ3v) is 2.80. The van der Waals surface area contributed by atoms with E-state index >= 15 is 0 Å². The van der Waals surface area contributed by atoms with E-state index in [9.17, 15) is 17.6 Å². The summed E-state index contributed by atoms with van der Waals surface area (Å²) >= 11 is 0. The molecule has 1 heterocycles. The quantitative estimate of drug-likeness (QED) is 0.862. The molecule has 0 unspecified atom stereocenters. The van der Waals surface area contributed by atoms with E-state index in [0.29, 0.717) is 18.6 Å². The molecule has 0 fully saturated rings. The SMILES string of the molecule is OCCCc1ccc(-c2ccc(F)c(C(F)(F)F)c2)o1. The number of aliphatic hydroxyl groups excluding tert-OH is 1. The van der Waals surface area contributed by atoms with E-state index in [2.05, 4.69) is 0 Å². The molecule has 1 aromatic carbocycles. The van der Waals surface area contributed by atoms with Gasteiger partial charge in [0.1, 0.15) is 17.3 Å². The summed E-state index contributed by atoms with van der Waals surface area (Å²) in [4.78, 5) is 0. The van der Waals surface area contributed by atoms with Crippen LogP contribution in [0.15, 0.2) is 34.7 Å². The number of hydrogen-bond donors (Lipinski definition) is 1. The van der Waals surface area contributed by atoms with Crippen molar-refractivity contribution < 1.29 is 27.1 Å². The van der Waals surface area contributed by atoms with Gasteiger partial charge in [-0.1, -0.05) is 0 Å². The molecular weight excluding hydrogens is 276 g/mol. The summed E-state index contributed by atoms with van der Waals surface area (Å²) in [6, 6.07) is 5.89. The Balaban J connectivity index is 2.31. The zero-order chi connectivity index (χ0) is 14.8. The zero-order valence-electron chi connectivity index (χ0n) is 10.4. The summed E-state index contributed by atoms with van der Waals surface area (Å²) in [5.41, 5.74) is -1.16. The molecule has 0 aliphatic carbocycles. The standard InChI is InChI=1S/C14H12F4O2/c15-12-5-3-9(8-11(12)14(16,17)18)13-6-4-10(20-13)2-1-7-19/h3-6,8,19H,1-2,7H2. The lowest BCUT2D eigenvalue weighted by molar-refractivity contribution is -0.139. The first-order valence-electron chi connectivity index (χ1n) is 5.98. The van der Waals surface area contributed by atoms with Gasteiger partial charge >= 0.3 is 6.18 Å². The molecule has 20 heavy (non-hydrogen) atoms. The number of hydrogen-bond acceptors (Lipinski definition) is 2. The molecule has 2 nitrogen and oxygen atoms in total. The maximum atomic E-state index is 13.2. The minimum atomic E-state index is -4.74. The van der Waals surface area contributed by atoms with Crippen molar-refractivity contribution in [3.8, 4) is 11.3 Å². The van der Waals surface area contributed by atoms with Crippen LogP contribution in [0.2, 0.25) is 0 Å². The fourth-order valence-electron chi connectivity index (χ4n) is 1.82. The van der Waals surface area contributed by atoms with Gasteiger partial charge in [0.25, 0.3) is 0 Å². The number of benzene rings is 1. The van der Waals surface area contributed by atoms with Gasteiger partial charge < -0.3 is 9.52 Å². The lowest BCUT2D eigenvalue weighted by Crippen LogP contribution is -2.08. The van der Waals surface area contributed by atoms with Crippen LogP contribution >= 0.6 is 0 Å². The van der Waals surface area contributed by atoms with Gasteiger partial charge in [-0.25, -0.2) is 4.39 Å². The largest absolute Gasteiger partial charge is 0.461 e. The number of aryl methyl sites for hydroxylation is 1. The Morgan fingerprint density at radius 1 is 1.10 bits per heavy atom. The van der Waals surface area contributed by atoms with Crippen molar-refractivity contribution in [3.05, 3.63) is 47.5 Å². The number of furan rings is 1. The molecule has 0 spiro atoms. The average Bonchev–Trinajstić information content (AvgIpc) is 2.84. The Bertz CT molecular complexity index is 587. The van der Waals surface area contributed by atoms with E-state index in [1.165, 1.54) is 12.1 Å². The first kappa shape index (κ1) is 14.6. The first-order valence-corrected chi connectivity index (χ1v) is 5.98. The van der Waals surface area contributed by atoms with Crippen LogP contribution in [-0.2, 0) is 12.6 Å². The zero-order valence-corrected chi connectivity index (χ0v) is 10.4. The van der Waals surface area contributed by atoms with E-state index in [4.69, 9.17) is 9.52 Å². The molecule has 0 saturated carbocycles. The third-order valence-electron chi connectivity index (χ3n) is 2.80. The van der Waals surface area contributed by atoms with Crippen LogP contribution in [0.5, 0.6) is 0 Å². The van der Waals surface area contributed by atoms with Gasteiger partial charge in [-0.15, -0.1) is 0 Å². The molecule has 0 aliphatic rings. The van der Waals surface area contributed by atoms with Crippen molar-refractivity contribution in [2.45, 2.75) is 19.0 Å². The number of alkyl halides is 3. The van der Waals surface area contributed by atoms with E-state index in [-0.39, 0.29) is 17.9 Å². The minimum absolute atomic E-state index is 0.00477. The fraction of sp³-hybridized carbons (Fsp3) is 0.286. The lowest BCUT2D eigenvalue weighted by atomic mass is 10.1. The summed E-state index contributed by atoms with van der Waals surface area (Å²) in [6.07, 6.45) is -3.75. The van der Waals surface area contributed by atoms with Gasteiger partial charge in [-0.2, -0.15) is 13.2 Å². The van der Waals surface area contributed by atoms with Crippen LogP contribution in [0.1, 0.15) is 17.7 Å². The summed E-state index contributed by atoms with van der Waals surface area (Å²) in [5.74, 6) is -0.510. The predicted octanol–water partition coefficient (Wildman–Crippen LogP) is 4.03. The van der Waals surface area contributed by atoms with Crippen LogP contribution in [0.4, 0.5) is 17.6 Å². The Hall–Kier alpha value is -1.82. The second-order valence-electron chi connectivity index (χ2n) is 4.29. The molecule has 1 aromatic heterocycles. The highest BCUT2D eigenvalue weighted by Crippen LogP contribution is 2.34. The number of halogens is 4. The smallest absolute Gasteiger partial charge is 0.419 e. The molecule has 108 valence electrons. The summed E-state index contributed by atoms with van der Waals surface area (Å²) in [5, 5.41) is 8.70. The predicted molar refractivity (Wildman–Crippen MR) is 64.5 cm³/mol. The van der Waals surface area contributed by atoms with Gasteiger partial charge in [0.2, 0.25) is 0 Å². The minimum Gasteiger partial charge on any atom is -0.461 e. The normalized spacial score (nSPS) is 11.8. The van der Waals surface area contributed by atoms with Crippen LogP contribution < -0.4 is 0 Å².